The second kappa shape index (κ2) is 5.98. The Morgan fingerprint density at radius 2 is 2.39 bits per heavy atom. The molecule has 1 aliphatic rings. The molecule has 0 amide bonds. The number of carbonyl (C=O) groups excluding carboxylic acids is 1. The van der Waals surface area contributed by atoms with E-state index in [0.717, 1.165) is 4.68 Å². The van der Waals surface area contributed by atoms with Gasteiger partial charge in [-0.2, -0.15) is 15.0 Å². The lowest BCUT2D eigenvalue weighted by Crippen LogP contribution is -2.31. The van der Waals surface area contributed by atoms with Gasteiger partial charge in [0.2, 0.25) is 0 Å². The number of ether oxygens (including phenoxy) is 2. The summed E-state index contributed by atoms with van der Waals surface area (Å²) in [5, 5.41) is 20.7. The van der Waals surface area contributed by atoms with Gasteiger partial charge < -0.3 is 9.47 Å². The number of hydrogen-bond acceptors (Lipinski definition) is 9. The lowest BCUT2D eigenvalue weighted by molar-refractivity contribution is -0.144. The predicted octanol–water partition coefficient (Wildman–Crippen LogP) is -0.452. The Bertz CT molecular complexity index is 869. The Balaban J connectivity index is 1.89. The maximum Gasteiger partial charge on any atom is 0.302 e. The van der Waals surface area contributed by atoms with E-state index in [2.05, 4.69) is 15.4 Å². The van der Waals surface area contributed by atoms with E-state index in [1.54, 1.807) is 7.05 Å². The highest BCUT2D eigenvalue weighted by molar-refractivity contribution is 8.00. The van der Waals surface area contributed by atoms with Crippen molar-refractivity contribution in [3.05, 3.63) is 16.0 Å². The number of rotatable bonds is 3. The Hall–Kier alpha value is -2.45. The minimum absolute atomic E-state index is 0.0497. The Labute approximate surface area is 134 Å². The van der Waals surface area contributed by atoms with Crippen molar-refractivity contribution < 1.29 is 14.3 Å². The minimum Gasteiger partial charge on any atom is -0.462 e. The van der Waals surface area contributed by atoms with Crippen LogP contribution in [0.3, 0.4) is 0 Å². The van der Waals surface area contributed by atoms with Gasteiger partial charge in [0.1, 0.15) is 18.1 Å². The van der Waals surface area contributed by atoms with Crippen LogP contribution < -0.4 is 5.56 Å². The standard InChI is InChI=1S/C12H12N6O4S/c1-6(19)21-4-9-22-8(5-23-9)18-12(20)11-10(14-16-18)7(3-13)15-17(11)2/h8-9H,4-5H2,1-2H3. The number of nitrogens with zero attached hydrogens (tertiary/aromatic N) is 6. The molecule has 2 aromatic rings. The third-order valence-corrected chi connectivity index (χ3v) is 4.31. The van der Waals surface area contributed by atoms with E-state index < -0.39 is 17.8 Å². The van der Waals surface area contributed by atoms with Crippen LogP contribution in [0.25, 0.3) is 11.0 Å². The van der Waals surface area contributed by atoms with E-state index in [9.17, 15) is 9.59 Å². The molecule has 1 fully saturated rings. The number of carbonyl (C=O) groups is 1. The van der Waals surface area contributed by atoms with Crippen LogP contribution in [0.2, 0.25) is 0 Å². The van der Waals surface area contributed by atoms with Crippen molar-refractivity contribution in [2.75, 3.05) is 12.4 Å². The van der Waals surface area contributed by atoms with Gasteiger partial charge >= 0.3 is 5.97 Å². The van der Waals surface area contributed by atoms with E-state index >= 15 is 0 Å². The third kappa shape index (κ3) is 2.78. The molecule has 2 aromatic heterocycles. The number of nitriles is 1. The van der Waals surface area contributed by atoms with E-state index in [0.29, 0.717) is 5.75 Å². The first-order valence-corrected chi connectivity index (χ1v) is 7.69. The molecule has 0 N–H and O–H groups in total. The highest BCUT2D eigenvalue weighted by Crippen LogP contribution is 2.30. The molecule has 0 aliphatic carbocycles. The molecular weight excluding hydrogens is 324 g/mol. The molecule has 120 valence electrons. The molecule has 1 aliphatic heterocycles. The highest BCUT2D eigenvalue weighted by atomic mass is 32.2. The molecule has 2 atom stereocenters. The monoisotopic (exact) mass is 336 g/mol. The van der Waals surface area contributed by atoms with Crippen molar-refractivity contribution in [1.29, 1.82) is 5.26 Å². The van der Waals surface area contributed by atoms with Gasteiger partial charge in [0.25, 0.3) is 5.56 Å². The number of hydrogen-bond donors (Lipinski definition) is 0. The molecule has 0 aromatic carbocycles. The van der Waals surface area contributed by atoms with Crippen LogP contribution in [-0.4, -0.2) is 48.5 Å². The molecule has 11 heteroatoms. The molecule has 0 spiro atoms. The molecule has 23 heavy (non-hydrogen) atoms. The van der Waals surface area contributed by atoms with Crippen LogP contribution in [0, 0.1) is 11.3 Å². The summed E-state index contributed by atoms with van der Waals surface area (Å²) in [5.41, 5.74) is -0.402. The highest BCUT2D eigenvalue weighted by Gasteiger charge is 2.31. The Kier molecular flexibility index (Phi) is 4.01. The lowest BCUT2D eigenvalue weighted by Gasteiger charge is -2.13. The van der Waals surface area contributed by atoms with Crippen molar-refractivity contribution in [1.82, 2.24) is 24.8 Å². The zero-order valence-corrected chi connectivity index (χ0v) is 13.1. The second-order valence-corrected chi connectivity index (χ2v) is 5.97. The number of aryl methyl sites for hydroxylation is 1. The summed E-state index contributed by atoms with van der Waals surface area (Å²) < 4.78 is 13.0. The first-order valence-electron chi connectivity index (χ1n) is 6.64. The summed E-state index contributed by atoms with van der Waals surface area (Å²) >= 11 is 1.41. The number of aromatic nitrogens is 5. The molecule has 10 nitrogen and oxygen atoms in total. The summed E-state index contributed by atoms with van der Waals surface area (Å²) in [5.74, 6) is 0.0737. The summed E-state index contributed by atoms with van der Waals surface area (Å²) in [6.45, 7) is 1.42. The molecule has 1 saturated heterocycles. The maximum absolute atomic E-state index is 12.6. The smallest absolute Gasteiger partial charge is 0.302 e. The van der Waals surface area contributed by atoms with Gasteiger partial charge in [0.15, 0.2) is 23.0 Å². The summed E-state index contributed by atoms with van der Waals surface area (Å²) in [6.07, 6.45) is -0.620. The van der Waals surface area contributed by atoms with Crippen LogP contribution in [0.5, 0.6) is 0 Å². The van der Waals surface area contributed by atoms with E-state index in [1.807, 2.05) is 6.07 Å². The third-order valence-electron chi connectivity index (χ3n) is 3.21. The van der Waals surface area contributed by atoms with Crippen LogP contribution >= 0.6 is 11.8 Å². The van der Waals surface area contributed by atoms with E-state index in [1.165, 1.54) is 23.4 Å². The van der Waals surface area contributed by atoms with Crippen LogP contribution in [0.4, 0.5) is 0 Å². The van der Waals surface area contributed by atoms with E-state index in [-0.39, 0.29) is 28.8 Å². The molecular formula is C12H12N6O4S. The molecule has 0 radical (unpaired) electrons. The fraction of sp³-hybridized carbons (Fsp3) is 0.500. The first kappa shape index (κ1) is 15.4. The molecule has 3 rings (SSSR count). The first-order chi connectivity index (χ1) is 11.0. The zero-order chi connectivity index (χ0) is 16.6. The zero-order valence-electron chi connectivity index (χ0n) is 12.3. The topological polar surface area (TPSA) is 125 Å². The molecule has 0 saturated carbocycles. The van der Waals surface area contributed by atoms with Gasteiger partial charge in [-0.1, -0.05) is 5.21 Å². The largest absolute Gasteiger partial charge is 0.462 e. The fourth-order valence-corrected chi connectivity index (χ4v) is 3.17. The van der Waals surface area contributed by atoms with E-state index in [4.69, 9.17) is 14.7 Å². The quantitative estimate of drug-likeness (QED) is 0.685. The minimum atomic E-state index is -0.620. The molecule has 2 unspecified atom stereocenters. The van der Waals surface area contributed by atoms with Crippen LogP contribution in [0.1, 0.15) is 18.8 Å². The summed E-state index contributed by atoms with van der Waals surface area (Å²) in [7, 11) is 1.56. The van der Waals surface area contributed by atoms with Crippen LogP contribution in [-0.2, 0) is 21.3 Å². The lowest BCUT2D eigenvalue weighted by atomic mass is 10.4. The van der Waals surface area contributed by atoms with Gasteiger partial charge in [-0.15, -0.1) is 16.9 Å². The number of esters is 1. The SMILES string of the molecule is CC(=O)OCC1OC(n2nnc3c(C#N)nn(C)c3c2=O)CS1. The van der Waals surface area contributed by atoms with Crippen molar-refractivity contribution >= 4 is 28.8 Å². The van der Waals surface area contributed by atoms with Crippen molar-refractivity contribution in [3.8, 4) is 6.07 Å². The van der Waals surface area contributed by atoms with Gasteiger partial charge in [-0.25, -0.2) is 0 Å². The summed E-state index contributed by atoms with van der Waals surface area (Å²) in [6, 6.07) is 1.87. The molecule has 0 bridgehead atoms. The van der Waals surface area contributed by atoms with Crippen LogP contribution in [0.15, 0.2) is 4.79 Å². The Morgan fingerprint density at radius 3 is 3.09 bits per heavy atom. The number of fused-ring (bicyclic) bond motifs is 1. The average Bonchev–Trinajstić information content (AvgIpc) is 3.10. The van der Waals surface area contributed by atoms with Gasteiger partial charge in [-0.3, -0.25) is 14.3 Å². The normalized spacial score (nSPS) is 20.6. The predicted molar refractivity (Wildman–Crippen MR) is 78.3 cm³/mol. The van der Waals surface area contributed by atoms with Crippen molar-refractivity contribution in [2.45, 2.75) is 18.6 Å². The van der Waals surface area contributed by atoms with Crippen molar-refractivity contribution in [2.24, 2.45) is 7.05 Å². The second-order valence-electron chi connectivity index (χ2n) is 4.78. The van der Waals surface area contributed by atoms with Gasteiger partial charge in [0.05, 0.1) is 0 Å². The average molecular weight is 336 g/mol. The van der Waals surface area contributed by atoms with Crippen molar-refractivity contribution in [3.63, 3.8) is 0 Å². The number of thioether (sulfide) groups is 1. The summed E-state index contributed by atoms with van der Waals surface area (Å²) in [4.78, 5) is 23.4. The maximum atomic E-state index is 12.6. The fourth-order valence-electron chi connectivity index (χ4n) is 2.20. The van der Waals surface area contributed by atoms with Gasteiger partial charge in [0, 0.05) is 19.7 Å². The van der Waals surface area contributed by atoms with Gasteiger partial charge in [-0.05, 0) is 0 Å². The molecule has 3 heterocycles. The Morgan fingerprint density at radius 1 is 1.61 bits per heavy atom.